The predicted molar refractivity (Wildman–Crippen MR) is 68.0 cm³/mol. The fourth-order valence-electron chi connectivity index (χ4n) is 1.15. The van der Waals surface area contributed by atoms with E-state index < -0.39 is 4.12 Å². The van der Waals surface area contributed by atoms with Crippen LogP contribution in [0.25, 0.3) is 0 Å². The molecule has 3 nitrogen and oxygen atoms in total. The molecule has 0 spiro atoms. The lowest BCUT2D eigenvalue weighted by Gasteiger charge is -2.12. The molecule has 6 heteroatoms. The summed E-state index contributed by atoms with van der Waals surface area (Å²) in [5.74, 6) is 0.577. The Balaban J connectivity index is 2.48. The van der Waals surface area contributed by atoms with E-state index in [1.807, 2.05) is 0 Å². The van der Waals surface area contributed by atoms with Gasteiger partial charge in [-0.2, -0.15) is 8.78 Å². The van der Waals surface area contributed by atoms with Gasteiger partial charge in [0.15, 0.2) is 0 Å². The quantitative estimate of drug-likeness (QED) is 0.425. The van der Waals surface area contributed by atoms with E-state index in [1.54, 1.807) is 19.2 Å². The smallest absolute Gasteiger partial charge is 0.451 e. The number of hydrogen-bond donors (Lipinski definition) is 0. The zero-order chi connectivity index (χ0) is 12.7. The van der Waals surface area contributed by atoms with Gasteiger partial charge in [-0.1, -0.05) is 6.07 Å². The Morgan fingerprint density at radius 1 is 1.24 bits per heavy atom. The van der Waals surface area contributed by atoms with Gasteiger partial charge in [-0.15, -0.1) is 0 Å². The summed E-state index contributed by atoms with van der Waals surface area (Å²) in [7, 11) is 1.61. The molecular formula is C11H13F2IO3. The summed E-state index contributed by atoms with van der Waals surface area (Å²) in [4.78, 5) is 0. The second-order valence-corrected chi connectivity index (χ2v) is 4.47. The molecule has 0 unspecified atom stereocenters. The first-order chi connectivity index (χ1) is 8.01. The highest BCUT2D eigenvalue weighted by Gasteiger charge is 2.26. The number of benzene rings is 1. The van der Waals surface area contributed by atoms with E-state index in [1.165, 1.54) is 12.1 Å². The van der Waals surface area contributed by atoms with Gasteiger partial charge in [-0.25, -0.2) is 0 Å². The van der Waals surface area contributed by atoms with Crippen LogP contribution in [-0.4, -0.2) is 24.4 Å². The van der Waals surface area contributed by atoms with E-state index in [4.69, 9.17) is 9.47 Å². The van der Waals surface area contributed by atoms with Gasteiger partial charge in [-0.3, -0.25) is 0 Å². The average molecular weight is 358 g/mol. The van der Waals surface area contributed by atoms with Crippen LogP contribution in [0, 0.1) is 0 Å². The third-order valence-corrected chi connectivity index (χ3v) is 2.02. The molecule has 0 bridgehead atoms. The van der Waals surface area contributed by atoms with Crippen LogP contribution in [0.1, 0.15) is 6.42 Å². The highest BCUT2D eigenvalue weighted by Crippen LogP contribution is 2.29. The highest BCUT2D eigenvalue weighted by atomic mass is 127. The molecule has 0 aromatic heterocycles. The van der Waals surface area contributed by atoms with Crippen molar-refractivity contribution in [3.63, 3.8) is 0 Å². The zero-order valence-electron chi connectivity index (χ0n) is 9.29. The predicted octanol–water partition coefficient (Wildman–Crippen LogP) is 3.47. The molecule has 0 saturated carbocycles. The number of alkyl halides is 3. The van der Waals surface area contributed by atoms with Gasteiger partial charge in [0.2, 0.25) is 0 Å². The van der Waals surface area contributed by atoms with Gasteiger partial charge in [-0.05, 0) is 12.1 Å². The first-order valence-electron chi connectivity index (χ1n) is 4.99. The van der Waals surface area contributed by atoms with Crippen molar-refractivity contribution in [2.24, 2.45) is 0 Å². The Morgan fingerprint density at radius 3 is 2.59 bits per heavy atom. The molecule has 0 aliphatic rings. The minimum absolute atomic E-state index is 0.0774. The fraction of sp³-hybridized carbons (Fsp3) is 0.455. The topological polar surface area (TPSA) is 27.7 Å². The molecule has 1 aromatic rings. The third-order valence-electron chi connectivity index (χ3n) is 1.80. The van der Waals surface area contributed by atoms with Crippen LogP contribution in [-0.2, 0) is 4.74 Å². The van der Waals surface area contributed by atoms with E-state index in [0.29, 0.717) is 19.0 Å². The summed E-state index contributed by atoms with van der Waals surface area (Å²) in [5.41, 5.74) is 0. The Bertz CT molecular complexity index is 342. The van der Waals surface area contributed by atoms with E-state index in [-0.39, 0.29) is 5.75 Å². The Morgan fingerprint density at radius 2 is 1.94 bits per heavy atom. The van der Waals surface area contributed by atoms with Crippen molar-refractivity contribution in [3.8, 4) is 11.5 Å². The van der Waals surface area contributed by atoms with Crippen molar-refractivity contribution in [3.05, 3.63) is 24.3 Å². The number of methoxy groups -OCH3 is 1. The number of rotatable bonds is 7. The van der Waals surface area contributed by atoms with Crippen molar-refractivity contribution in [1.29, 1.82) is 0 Å². The number of halogens is 3. The first-order valence-corrected chi connectivity index (χ1v) is 6.07. The largest absolute Gasteiger partial charge is 0.493 e. The summed E-state index contributed by atoms with van der Waals surface area (Å²) >= 11 is 0.919. The molecule has 0 fully saturated rings. The monoisotopic (exact) mass is 358 g/mol. The van der Waals surface area contributed by atoms with E-state index in [9.17, 15) is 8.78 Å². The molecule has 0 N–H and O–H groups in total. The molecule has 1 aromatic carbocycles. The molecule has 0 atom stereocenters. The minimum atomic E-state index is -3.22. The van der Waals surface area contributed by atoms with Crippen molar-refractivity contribution in [2.45, 2.75) is 10.5 Å². The van der Waals surface area contributed by atoms with Crippen LogP contribution in [0.3, 0.4) is 0 Å². The van der Waals surface area contributed by atoms with Gasteiger partial charge < -0.3 is 14.2 Å². The fourth-order valence-corrected chi connectivity index (χ4v) is 1.41. The molecule has 0 radical (unpaired) electrons. The van der Waals surface area contributed by atoms with Crippen LogP contribution in [0.5, 0.6) is 11.5 Å². The number of ether oxygens (including phenoxy) is 3. The van der Waals surface area contributed by atoms with Crippen molar-refractivity contribution >= 4 is 22.6 Å². The molecular weight excluding hydrogens is 345 g/mol. The standard InChI is InChI=1S/C11H13F2IO3/c1-15-6-3-7-16-9-4-2-5-10(8-9)17-11(12,13)14/h2,4-5,8H,3,6-7H2,1H3. The van der Waals surface area contributed by atoms with Gasteiger partial charge in [0.1, 0.15) is 11.5 Å². The van der Waals surface area contributed by atoms with Crippen LogP contribution in [0.2, 0.25) is 0 Å². The average Bonchev–Trinajstić information content (AvgIpc) is 2.23. The molecule has 0 aliphatic carbocycles. The minimum Gasteiger partial charge on any atom is -0.493 e. The van der Waals surface area contributed by atoms with Gasteiger partial charge >= 0.3 is 4.12 Å². The molecule has 0 saturated heterocycles. The van der Waals surface area contributed by atoms with Gasteiger partial charge in [0.05, 0.1) is 29.2 Å². The van der Waals surface area contributed by atoms with Crippen LogP contribution >= 0.6 is 22.6 Å². The summed E-state index contributed by atoms with van der Waals surface area (Å²) in [6.45, 7) is 1.07. The number of hydrogen-bond acceptors (Lipinski definition) is 3. The lowest BCUT2D eigenvalue weighted by molar-refractivity contribution is -0.0692. The Kier molecular flexibility index (Phi) is 5.90. The Hall–Kier alpha value is -0.630. The van der Waals surface area contributed by atoms with E-state index in [0.717, 1.165) is 29.0 Å². The van der Waals surface area contributed by atoms with Gasteiger partial charge in [0.25, 0.3) is 0 Å². The molecule has 0 aliphatic heterocycles. The van der Waals surface area contributed by atoms with Crippen molar-refractivity contribution in [1.82, 2.24) is 0 Å². The normalized spacial score (nSPS) is 11.3. The van der Waals surface area contributed by atoms with E-state index >= 15 is 0 Å². The van der Waals surface area contributed by atoms with Crippen molar-refractivity contribution in [2.75, 3.05) is 20.3 Å². The van der Waals surface area contributed by atoms with Crippen LogP contribution < -0.4 is 9.47 Å². The molecule has 0 amide bonds. The second kappa shape index (κ2) is 6.95. The van der Waals surface area contributed by atoms with Crippen molar-refractivity contribution < 1.29 is 23.0 Å². The zero-order valence-corrected chi connectivity index (χ0v) is 11.4. The summed E-state index contributed by atoms with van der Waals surface area (Å²) < 4.78 is 36.6. The highest BCUT2D eigenvalue weighted by molar-refractivity contribution is 14.1. The summed E-state index contributed by atoms with van der Waals surface area (Å²) in [6, 6.07) is 6.17. The molecule has 96 valence electrons. The van der Waals surface area contributed by atoms with Crippen LogP contribution in [0.4, 0.5) is 8.78 Å². The Labute approximate surface area is 112 Å². The summed E-state index contributed by atoms with van der Waals surface area (Å²) in [5, 5.41) is 0. The second-order valence-electron chi connectivity index (χ2n) is 3.22. The van der Waals surface area contributed by atoms with Crippen LogP contribution in [0.15, 0.2) is 24.3 Å². The molecule has 0 heterocycles. The lowest BCUT2D eigenvalue weighted by atomic mass is 10.3. The third kappa shape index (κ3) is 6.62. The van der Waals surface area contributed by atoms with E-state index in [2.05, 4.69) is 4.74 Å². The molecule has 17 heavy (non-hydrogen) atoms. The lowest BCUT2D eigenvalue weighted by Crippen LogP contribution is -2.14. The molecule has 1 rings (SSSR count). The maximum absolute atomic E-state index is 12.6. The maximum Gasteiger partial charge on any atom is 0.451 e. The first kappa shape index (κ1) is 14.4. The summed E-state index contributed by atoms with van der Waals surface area (Å²) in [6.07, 6.45) is 0.740. The SMILES string of the molecule is COCCCOc1cccc(OC(F)(F)I)c1. The maximum atomic E-state index is 12.6. The van der Waals surface area contributed by atoms with Gasteiger partial charge in [0, 0.05) is 26.2 Å².